The number of nitrogens with one attached hydrogen (secondary N) is 2. The maximum absolute atomic E-state index is 11.4. The van der Waals surface area contributed by atoms with Crippen LogP contribution in [0.4, 0.5) is 4.79 Å². The number of hydrogen-bond donors (Lipinski definition) is 2. The van der Waals surface area contributed by atoms with E-state index in [1.807, 2.05) is 26.0 Å². The molecule has 1 heterocycles. The maximum atomic E-state index is 11.4. The summed E-state index contributed by atoms with van der Waals surface area (Å²) in [6, 6.07) is 5.53. The Labute approximate surface area is 146 Å². The van der Waals surface area contributed by atoms with E-state index in [9.17, 15) is 4.79 Å². The van der Waals surface area contributed by atoms with Crippen molar-refractivity contribution in [2.45, 2.75) is 59.4 Å². The molecule has 0 aliphatic carbocycles. The van der Waals surface area contributed by atoms with E-state index >= 15 is 0 Å². The molecule has 0 saturated heterocycles. The molecule has 2 rings (SSSR count). The van der Waals surface area contributed by atoms with Gasteiger partial charge in [-0.05, 0) is 58.0 Å². The lowest BCUT2D eigenvalue weighted by molar-refractivity contribution is 0.197. The summed E-state index contributed by atoms with van der Waals surface area (Å²) in [5.41, 5.74) is 1.10. The van der Waals surface area contributed by atoms with Crippen LogP contribution in [0.15, 0.2) is 18.2 Å². The molecule has 0 bridgehead atoms. The van der Waals surface area contributed by atoms with Gasteiger partial charge in [0.1, 0.15) is 11.5 Å². The average molecular weight is 336 g/mol. The smallest absolute Gasteiger partial charge is 0.412 e. The third kappa shape index (κ3) is 7.21. The minimum atomic E-state index is -0.425. The third-order valence-electron chi connectivity index (χ3n) is 3.47. The normalized spacial score (nSPS) is 15.2. The van der Waals surface area contributed by atoms with E-state index < -0.39 is 6.09 Å². The van der Waals surface area contributed by atoms with Gasteiger partial charge in [0.15, 0.2) is 0 Å². The van der Waals surface area contributed by atoms with Crippen LogP contribution >= 0.6 is 0 Å². The van der Waals surface area contributed by atoms with Crippen LogP contribution in [0.25, 0.3) is 0 Å². The van der Waals surface area contributed by atoms with E-state index in [0.717, 1.165) is 11.3 Å². The van der Waals surface area contributed by atoms with Crippen molar-refractivity contribution in [1.82, 2.24) is 10.6 Å². The van der Waals surface area contributed by atoms with Gasteiger partial charge < -0.3 is 20.1 Å². The zero-order chi connectivity index (χ0) is 17.9. The Morgan fingerprint density at radius 1 is 1.29 bits per heavy atom. The monoisotopic (exact) mass is 336 g/mol. The summed E-state index contributed by atoms with van der Waals surface area (Å²) in [6.45, 7) is 13.3. The van der Waals surface area contributed by atoms with Crippen molar-refractivity contribution in [2.24, 2.45) is 0 Å². The van der Waals surface area contributed by atoms with Gasteiger partial charge in [-0.25, -0.2) is 4.79 Å². The zero-order valence-electron chi connectivity index (χ0n) is 15.6. The molecule has 0 saturated carbocycles. The first-order chi connectivity index (χ1) is 11.5. The van der Waals surface area contributed by atoms with E-state index in [1.54, 1.807) is 6.07 Å². The molecule has 5 nitrogen and oxygen atoms in total. The highest BCUT2D eigenvalue weighted by atomic mass is 16.6. The number of hydrogen-bond acceptors (Lipinski definition) is 4. The number of carbonyl (C=O) groups is 1. The van der Waals surface area contributed by atoms with Crippen molar-refractivity contribution in [3.63, 3.8) is 0 Å². The highest BCUT2D eigenvalue weighted by molar-refractivity contribution is 5.70. The van der Waals surface area contributed by atoms with Gasteiger partial charge in [-0.3, -0.25) is 0 Å². The lowest BCUT2D eigenvalue weighted by Gasteiger charge is -2.10. The van der Waals surface area contributed by atoms with Crippen molar-refractivity contribution < 1.29 is 14.3 Å². The Morgan fingerprint density at radius 3 is 2.54 bits per heavy atom. The second-order valence-electron chi connectivity index (χ2n) is 6.35. The molecule has 136 valence electrons. The molecule has 1 aliphatic heterocycles. The summed E-state index contributed by atoms with van der Waals surface area (Å²) in [7, 11) is 0. The van der Waals surface area contributed by atoms with E-state index in [4.69, 9.17) is 9.47 Å². The fourth-order valence-corrected chi connectivity index (χ4v) is 2.26. The van der Waals surface area contributed by atoms with Crippen LogP contribution in [0.1, 0.15) is 58.9 Å². The van der Waals surface area contributed by atoms with E-state index in [-0.39, 0.29) is 6.04 Å². The van der Waals surface area contributed by atoms with Gasteiger partial charge in [-0.2, -0.15) is 0 Å². The molecule has 2 N–H and O–H groups in total. The first-order valence-corrected chi connectivity index (χ1v) is 8.93. The van der Waals surface area contributed by atoms with Gasteiger partial charge in [-0.15, -0.1) is 0 Å². The van der Waals surface area contributed by atoms with Gasteiger partial charge in [0.2, 0.25) is 0 Å². The number of amides is 1. The summed E-state index contributed by atoms with van der Waals surface area (Å²) in [4.78, 5) is 11.4. The van der Waals surface area contributed by atoms with Gasteiger partial charge >= 0.3 is 6.09 Å². The molecular formula is C19H32N2O3. The Morgan fingerprint density at radius 2 is 1.96 bits per heavy atom. The SMILES string of the molecule is CC(C)NC(=O)Oc1ccc2c(c1)C(C)CO2.CCCNCCC. The maximum Gasteiger partial charge on any atom is 0.412 e. The molecule has 0 radical (unpaired) electrons. The fraction of sp³-hybridized carbons (Fsp3) is 0.632. The second kappa shape index (κ2) is 10.9. The predicted molar refractivity (Wildman–Crippen MR) is 98.1 cm³/mol. The summed E-state index contributed by atoms with van der Waals surface area (Å²) >= 11 is 0. The van der Waals surface area contributed by atoms with Crippen molar-refractivity contribution >= 4 is 6.09 Å². The minimum absolute atomic E-state index is 0.0687. The van der Waals surface area contributed by atoms with Crippen LogP contribution in [0.5, 0.6) is 11.5 Å². The van der Waals surface area contributed by atoms with Gasteiger partial charge in [0.25, 0.3) is 0 Å². The molecule has 1 aromatic carbocycles. The topological polar surface area (TPSA) is 59.6 Å². The molecule has 1 aromatic rings. The molecular weight excluding hydrogens is 304 g/mol. The molecule has 1 atom stereocenters. The Kier molecular flexibility index (Phi) is 9.23. The molecule has 1 unspecified atom stereocenters. The molecule has 24 heavy (non-hydrogen) atoms. The Bertz CT molecular complexity index is 499. The van der Waals surface area contributed by atoms with E-state index in [1.165, 1.54) is 25.9 Å². The van der Waals surface area contributed by atoms with Gasteiger partial charge in [-0.1, -0.05) is 20.8 Å². The molecule has 1 aliphatic rings. The lowest BCUT2D eigenvalue weighted by Crippen LogP contribution is -2.32. The van der Waals surface area contributed by atoms with Crippen molar-refractivity contribution in [3.8, 4) is 11.5 Å². The summed E-state index contributed by atoms with van der Waals surface area (Å²) in [5.74, 6) is 1.79. The first-order valence-electron chi connectivity index (χ1n) is 8.93. The first kappa shape index (κ1) is 20.3. The largest absolute Gasteiger partial charge is 0.493 e. The van der Waals surface area contributed by atoms with Crippen LogP contribution in [-0.4, -0.2) is 31.8 Å². The number of ether oxygens (including phenoxy) is 2. The predicted octanol–water partition coefficient (Wildman–Crippen LogP) is 4.08. The number of fused-ring (bicyclic) bond motifs is 1. The quantitative estimate of drug-likeness (QED) is 0.769. The number of carbonyl (C=O) groups excluding carboxylic acids is 1. The van der Waals surface area contributed by atoms with Gasteiger partial charge in [0.05, 0.1) is 6.61 Å². The summed E-state index contributed by atoms with van der Waals surface area (Å²) in [6.07, 6.45) is 2.08. The zero-order valence-corrected chi connectivity index (χ0v) is 15.6. The number of rotatable bonds is 6. The minimum Gasteiger partial charge on any atom is -0.493 e. The highest BCUT2D eigenvalue weighted by Gasteiger charge is 2.21. The lowest BCUT2D eigenvalue weighted by atomic mass is 10.0. The van der Waals surface area contributed by atoms with E-state index in [2.05, 4.69) is 31.4 Å². The standard InChI is InChI=1S/C13H17NO3.C6H15N/c1-8(2)14-13(15)17-10-4-5-12-11(6-10)9(3)7-16-12;1-3-5-7-6-4-2/h4-6,8-9H,7H2,1-3H3,(H,14,15);7H,3-6H2,1-2H3. The van der Waals surface area contributed by atoms with Crippen molar-refractivity contribution in [3.05, 3.63) is 23.8 Å². The molecule has 1 amide bonds. The van der Waals surface area contributed by atoms with Crippen LogP contribution in [-0.2, 0) is 0 Å². The van der Waals surface area contributed by atoms with Crippen molar-refractivity contribution in [1.29, 1.82) is 0 Å². The van der Waals surface area contributed by atoms with Crippen molar-refractivity contribution in [2.75, 3.05) is 19.7 Å². The molecule has 0 spiro atoms. The molecule has 0 fully saturated rings. The second-order valence-corrected chi connectivity index (χ2v) is 6.35. The summed E-state index contributed by atoms with van der Waals surface area (Å²) < 4.78 is 10.7. The highest BCUT2D eigenvalue weighted by Crippen LogP contribution is 2.35. The molecule has 0 aromatic heterocycles. The average Bonchev–Trinajstić information content (AvgIpc) is 2.89. The fourth-order valence-electron chi connectivity index (χ4n) is 2.26. The van der Waals surface area contributed by atoms with Crippen LogP contribution < -0.4 is 20.1 Å². The Balaban J connectivity index is 0.000000351. The third-order valence-corrected chi connectivity index (χ3v) is 3.47. The van der Waals surface area contributed by atoms with Gasteiger partial charge in [0, 0.05) is 17.5 Å². The Hall–Kier alpha value is -1.75. The van der Waals surface area contributed by atoms with Crippen LogP contribution in [0.2, 0.25) is 0 Å². The molecule has 5 heteroatoms. The number of benzene rings is 1. The van der Waals surface area contributed by atoms with E-state index in [0.29, 0.717) is 18.3 Å². The van der Waals surface area contributed by atoms with Crippen LogP contribution in [0, 0.1) is 0 Å². The van der Waals surface area contributed by atoms with Crippen LogP contribution in [0.3, 0.4) is 0 Å². The summed E-state index contributed by atoms with van der Waals surface area (Å²) in [5, 5.41) is 5.96.